The molecule has 1 aromatic rings. The number of amides is 2. The van der Waals surface area contributed by atoms with Crippen LogP contribution in [0.4, 0.5) is 0 Å². The summed E-state index contributed by atoms with van der Waals surface area (Å²) >= 11 is 0. The fraction of sp³-hybridized carbons (Fsp3) is 0.286. The van der Waals surface area contributed by atoms with E-state index in [1.807, 2.05) is 5.43 Å². The summed E-state index contributed by atoms with van der Waals surface area (Å²) in [6.07, 6.45) is 0.726. The molecular weight excluding hydrogens is 286 g/mol. The molecule has 1 rings (SSSR count). The van der Waals surface area contributed by atoms with Gasteiger partial charge in [-0.15, -0.1) is 0 Å². The predicted molar refractivity (Wildman–Crippen MR) is 78.9 cm³/mol. The van der Waals surface area contributed by atoms with Crippen molar-refractivity contribution in [2.45, 2.75) is 19.9 Å². The zero-order chi connectivity index (χ0) is 16.7. The van der Waals surface area contributed by atoms with E-state index in [4.69, 9.17) is 11.4 Å². The minimum atomic E-state index is -0.877. The number of nitrogens with two attached hydrogens (primary N) is 1. The number of nitrogens with one attached hydrogen (secondary N) is 2. The van der Waals surface area contributed by atoms with Gasteiger partial charge in [-0.25, -0.2) is 5.84 Å². The van der Waals surface area contributed by atoms with Crippen molar-refractivity contribution in [1.29, 1.82) is 0 Å². The van der Waals surface area contributed by atoms with E-state index in [1.54, 1.807) is 26.0 Å². The highest BCUT2D eigenvalue weighted by Crippen LogP contribution is 2.10. The van der Waals surface area contributed by atoms with E-state index in [0.29, 0.717) is 0 Å². The van der Waals surface area contributed by atoms with Gasteiger partial charge < -0.3 is 10.8 Å². The molecule has 0 aliphatic rings. The summed E-state index contributed by atoms with van der Waals surface area (Å²) in [5.41, 5.74) is 10.6. The molecular formula is C14H17N5O3. The van der Waals surface area contributed by atoms with Crippen molar-refractivity contribution in [2.75, 3.05) is 0 Å². The lowest BCUT2D eigenvalue weighted by molar-refractivity contribution is -0.118. The maximum atomic E-state index is 12.3. The smallest absolute Gasteiger partial charge is 0.325 e. The average molecular weight is 303 g/mol. The lowest BCUT2D eigenvalue weighted by atomic mass is 9.99. The molecule has 0 unspecified atom stereocenters. The second-order valence-corrected chi connectivity index (χ2v) is 4.86. The number of Topliss-reactive ketones (excluding diaryl/α,β-unsaturated/α-hetero) is 1. The Morgan fingerprint density at radius 1 is 1.18 bits per heavy atom. The normalized spacial score (nSPS) is 11.3. The fourth-order valence-corrected chi connectivity index (χ4v) is 1.88. The Balaban J connectivity index is 3.08. The van der Waals surface area contributed by atoms with Gasteiger partial charge in [-0.1, -0.05) is 26.0 Å². The summed E-state index contributed by atoms with van der Waals surface area (Å²) in [6, 6.07) is 5.19. The second kappa shape index (κ2) is 7.82. The van der Waals surface area contributed by atoms with E-state index in [-0.39, 0.29) is 17.0 Å². The van der Waals surface area contributed by atoms with Gasteiger partial charge in [0.15, 0.2) is 0 Å². The van der Waals surface area contributed by atoms with Gasteiger partial charge in [-0.2, -0.15) is 4.79 Å². The van der Waals surface area contributed by atoms with Crippen LogP contribution in [0.1, 0.15) is 34.6 Å². The predicted octanol–water partition coefficient (Wildman–Crippen LogP) is -0.0858. The number of hydrogen-bond acceptors (Lipinski definition) is 4. The van der Waals surface area contributed by atoms with E-state index in [2.05, 4.69) is 10.1 Å². The van der Waals surface area contributed by atoms with Gasteiger partial charge in [-0.05, 0) is 18.1 Å². The van der Waals surface area contributed by atoms with Crippen LogP contribution < -0.4 is 16.6 Å². The molecule has 0 bridgehead atoms. The van der Waals surface area contributed by atoms with Crippen LogP contribution in [0.5, 0.6) is 0 Å². The average Bonchev–Trinajstić information content (AvgIpc) is 2.51. The number of nitrogen functional groups attached to an aromatic ring is 1. The number of carbonyl (C=O) groups excluding carboxylic acids is 3. The Kier molecular flexibility index (Phi) is 6.12. The number of ketones is 1. The molecule has 0 fully saturated rings. The molecule has 0 aliphatic heterocycles. The highest BCUT2D eigenvalue weighted by Gasteiger charge is 2.27. The van der Waals surface area contributed by atoms with Gasteiger partial charge in [0.2, 0.25) is 0 Å². The van der Waals surface area contributed by atoms with Crippen LogP contribution in [-0.4, -0.2) is 34.6 Å². The number of hydrogen-bond donors (Lipinski definition) is 3. The monoisotopic (exact) mass is 303 g/mol. The van der Waals surface area contributed by atoms with Crippen LogP contribution in [0.2, 0.25) is 0 Å². The first kappa shape index (κ1) is 17.2. The topological polar surface area (TPSA) is 138 Å². The van der Waals surface area contributed by atoms with E-state index >= 15 is 0 Å². The Labute approximate surface area is 127 Å². The molecule has 0 aliphatic carbocycles. The summed E-state index contributed by atoms with van der Waals surface area (Å²) in [6.45, 7) is 3.46. The lowest BCUT2D eigenvalue weighted by Crippen LogP contribution is -2.45. The molecule has 0 heterocycles. The molecule has 4 N–H and O–H groups in total. The minimum absolute atomic E-state index is 0.0878. The largest absolute Gasteiger partial charge is 0.361 e. The molecule has 22 heavy (non-hydrogen) atoms. The summed E-state index contributed by atoms with van der Waals surface area (Å²) in [7, 11) is 0. The SMILES string of the molecule is CC(C)[C@@H](NC(=O)c1ccccc1C(=O)NN)C(=O)C=[N+]=[N-]. The molecule has 0 spiro atoms. The van der Waals surface area contributed by atoms with E-state index in [9.17, 15) is 14.4 Å². The van der Waals surface area contributed by atoms with Crippen molar-refractivity contribution in [2.24, 2.45) is 11.8 Å². The van der Waals surface area contributed by atoms with E-state index < -0.39 is 23.6 Å². The molecule has 0 radical (unpaired) electrons. The number of nitrogens with zero attached hydrogens (tertiary/aromatic N) is 2. The Hall–Kier alpha value is -2.83. The zero-order valence-electron chi connectivity index (χ0n) is 12.2. The van der Waals surface area contributed by atoms with Crippen LogP contribution >= 0.6 is 0 Å². The van der Waals surface area contributed by atoms with Gasteiger partial charge in [-0.3, -0.25) is 19.8 Å². The standard InChI is InChI=1S/C14H17N5O3/c1-8(2)12(11(20)7-17-15)18-13(21)9-5-3-4-6-10(9)14(22)19-16/h3-8,12H,16H2,1-2H3,(H,18,21)(H,19,22)/t12-/m1/s1. The maximum Gasteiger partial charge on any atom is 0.325 e. The fourth-order valence-electron chi connectivity index (χ4n) is 1.88. The Morgan fingerprint density at radius 3 is 2.18 bits per heavy atom. The Morgan fingerprint density at radius 2 is 1.73 bits per heavy atom. The van der Waals surface area contributed by atoms with Crippen molar-refractivity contribution in [1.82, 2.24) is 10.7 Å². The van der Waals surface area contributed by atoms with Gasteiger partial charge in [0.05, 0.1) is 11.1 Å². The van der Waals surface area contributed by atoms with Crippen molar-refractivity contribution in [3.8, 4) is 0 Å². The third-order valence-corrected chi connectivity index (χ3v) is 2.99. The number of benzene rings is 1. The highest BCUT2D eigenvalue weighted by molar-refractivity contribution is 6.28. The Bertz CT molecular complexity index is 635. The van der Waals surface area contributed by atoms with Gasteiger partial charge in [0, 0.05) is 0 Å². The van der Waals surface area contributed by atoms with Gasteiger partial charge >= 0.3 is 6.21 Å². The van der Waals surface area contributed by atoms with Crippen LogP contribution in [0.25, 0.3) is 5.53 Å². The van der Waals surface area contributed by atoms with Crippen LogP contribution in [0, 0.1) is 5.92 Å². The van der Waals surface area contributed by atoms with Crippen molar-refractivity contribution in [3.05, 3.63) is 40.9 Å². The summed E-state index contributed by atoms with van der Waals surface area (Å²) in [5.74, 6) is 3.08. The lowest BCUT2D eigenvalue weighted by Gasteiger charge is -2.18. The first-order chi connectivity index (χ1) is 10.4. The number of carbonyl (C=O) groups is 3. The van der Waals surface area contributed by atoms with Crippen molar-refractivity contribution >= 4 is 23.8 Å². The minimum Gasteiger partial charge on any atom is -0.361 e. The quantitative estimate of drug-likeness (QED) is 0.169. The molecule has 1 aromatic carbocycles. The van der Waals surface area contributed by atoms with Crippen LogP contribution in [0.15, 0.2) is 24.3 Å². The third-order valence-electron chi connectivity index (χ3n) is 2.99. The highest BCUT2D eigenvalue weighted by atomic mass is 16.2. The molecule has 116 valence electrons. The second-order valence-electron chi connectivity index (χ2n) is 4.86. The first-order valence-electron chi connectivity index (χ1n) is 6.54. The molecule has 0 saturated carbocycles. The molecule has 0 saturated heterocycles. The van der Waals surface area contributed by atoms with Gasteiger partial charge in [0.1, 0.15) is 6.04 Å². The molecule has 0 aromatic heterocycles. The number of hydrazine groups is 1. The summed E-state index contributed by atoms with van der Waals surface area (Å²) in [4.78, 5) is 38.5. The maximum absolute atomic E-state index is 12.3. The van der Waals surface area contributed by atoms with E-state index in [0.717, 1.165) is 6.21 Å². The van der Waals surface area contributed by atoms with Crippen LogP contribution in [0.3, 0.4) is 0 Å². The van der Waals surface area contributed by atoms with Crippen molar-refractivity contribution < 1.29 is 19.2 Å². The van der Waals surface area contributed by atoms with Gasteiger partial charge in [0.25, 0.3) is 17.6 Å². The number of rotatable bonds is 6. The molecule has 8 nitrogen and oxygen atoms in total. The first-order valence-corrected chi connectivity index (χ1v) is 6.54. The zero-order valence-corrected chi connectivity index (χ0v) is 12.2. The molecule has 2 amide bonds. The molecule has 1 atom stereocenters. The summed E-state index contributed by atoms with van der Waals surface area (Å²) in [5, 5.41) is 2.53. The van der Waals surface area contributed by atoms with Crippen molar-refractivity contribution in [3.63, 3.8) is 0 Å². The molecule has 8 heteroatoms. The van der Waals surface area contributed by atoms with Crippen LogP contribution in [-0.2, 0) is 4.79 Å². The third kappa shape index (κ3) is 4.08. The van der Waals surface area contributed by atoms with E-state index in [1.165, 1.54) is 12.1 Å². The summed E-state index contributed by atoms with van der Waals surface area (Å²) < 4.78 is 0.